The van der Waals surface area contributed by atoms with Gasteiger partial charge in [-0.1, -0.05) is 157 Å². The Morgan fingerprint density at radius 3 is 0.938 bits per heavy atom. The highest BCUT2D eigenvalue weighted by Crippen LogP contribution is 2.51. The lowest BCUT2D eigenvalue weighted by Gasteiger charge is -2.23. The maximum Gasteiger partial charge on any atom is 0.221 e. The summed E-state index contributed by atoms with van der Waals surface area (Å²) in [5, 5.41) is 9.05. The molecule has 0 aliphatic heterocycles. The summed E-state index contributed by atoms with van der Waals surface area (Å²) in [6.45, 7) is 18.5. The maximum absolute atomic E-state index is 13.4. The third kappa shape index (κ3) is 16.7. The van der Waals surface area contributed by atoms with E-state index in [0.717, 1.165) is 159 Å². The van der Waals surface area contributed by atoms with Gasteiger partial charge in [0.25, 0.3) is 0 Å². The van der Waals surface area contributed by atoms with E-state index in [4.69, 9.17) is 28.4 Å². The summed E-state index contributed by atoms with van der Waals surface area (Å²) in [6, 6.07) is 10.8. The molecular weight excluding hydrogens is 799 g/mol. The molecule has 0 unspecified atom stereocenters. The van der Waals surface area contributed by atoms with Crippen LogP contribution >= 0.6 is 0 Å². The minimum atomic E-state index is -0.173. The number of carbonyl (C=O) groups excluding carboxylic acids is 1. The summed E-state index contributed by atoms with van der Waals surface area (Å²) in [5.74, 6) is 3.98. The van der Waals surface area contributed by atoms with Crippen molar-refractivity contribution in [3.63, 3.8) is 0 Å². The van der Waals surface area contributed by atoms with Crippen molar-refractivity contribution < 1.29 is 33.2 Å². The molecule has 0 aliphatic carbocycles. The summed E-state index contributed by atoms with van der Waals surface area (Å²) < 4.78 is 40.2. The van der Waals surface area contributed by atoms with Gasteiger partial charge < -0.3 is 33.7 Å². The number of hydrogen-bond donors (Lipinski definition) is 1. The van der Waals surface area contributed by atoms with Crippen molar-refractivity contribution in [2.45, 2.75) is 203 Å². The summed E-state index contributed by atoms with van der Waals surface area (Å²) in [5.41, 5.74) is 0.622. The highest BCUT2D eigenvalue weighted by molar-refractivity contribution is 6.30. The first-order chi connectivity index (χ1) is 31.4. The molecule has 4 aromatic carbocycles. The first-order valence-electron chi connectivity index (χ1n) is 26.0. The third-order valence-corrected chi connectivity index (χ3v) is 12.1. The van der Waals surface area contributed by atoms with Gasteiger partial charge in [-0.05, 0) is 95.8 Å². The molecule has 0 atom stereocenters. The minimum Gasteiger partial charge on any atom is -0.490 e. The monoisotopic (exact) mass is 886 g/mol. The Morgan fingerprint density at radius 2 is 0.625 bits per heavy atom. The molecule has 8 heteroatoms. The van der Waals surface area contributed by atoms with Crippen molar-refractivity contribution in [1.29, 1.82) is 0 Å². The second kappa shape index (κ2) is 31.0. The number of nitrogens with one attached hydrogen (secondary N) is 1. The molecule has 0 fully saturated rings. The van der Waals surface area contributed by atoms with Gasteiger partial charge in [-0.2, -0.15) is 0 Å². The van der Waals surface area contributed by atoms with E-state index in [2.05, 4.69) is 77.2 Å². The Labute approximate surface area is 388 Å². The molecule has 0 spiro atoms. The molecule has 64 heavy (non-hydrogen) atoms. The quantitative estimate of drug-likeness (QED) is 0.0357. The van der Waals surface area contributed by atoms with Gasteiger partial charge >= 0.3 is 0 Å². The van der Waals surface area contributed by atoms with E-state index in [9.17, 15) is 4.79 Å². The zero-order valence-electron chi connectivity index (χ0n) is 41.5. The molecule has 0 saturated carbocycles. The van der Waals surface area contributed by atoms with Gasteiger partial charge in [-0.15, -0.1) is 0 Å². The lowest BCUT2D eigenvalue weighted by molar-refractivity contribution is -0.114. The molecule has 0 aromatic heterocycles. The Bertz CT molecular complexity index is 1880. The average Bonchev–Trinajstić information content (AvgIpc) is 3.29. The highest BCUT2D eigenvalue weighted by Gasteiger charge is 2.25. The van der Waals surface area contributed by atoms with E-state index in [1.165, 1.54) is 44.9 Å². The summed E-state index contributed by atoms with van der Waals surface area (Å²) in [4.78, 5) is 13.4. The highest BCUT2D eigenvalue weighted by atomic mass is 16.5. The van der Waals surface area contributed by atoms with Gasteiger partial charge in [0.15, 0.2) is 34.5 Å². The van der Waals surface area contributed by atoms with Gasteiger partial charge in [-0.25, -0.2) is 0 Å². The van der Waals surface area contributed by atoms with E-state index >= 15 is 0 Å². The van der Waals surface area contributed by atoms with E-state index in [-0.39, 0.29) is 5.91 Å². The predicted molar refractivity (Wildman–Crippen MR) is 271 cm³/mol. The fourth-order valence-corrected chi connectivity index (χ4v) is 8.38. The standard InChI is InChI=1S/C56H87NO7/c1-8-14-20-26-32-59-49-38-44-45-39-51(61-34-28-22-16-10-3)52(62-35-29-23-17-11-4)41-47(45)54-48(46(44)40-50(49)60-33-27-21-15-9-2)42-53(63-36-30-24-18-12-5)56(55(54)57-43(7)58)64-37-31-25-19-13-6/h38-42H,8-37H2,1-7H3,(H,57,58). The Morgan fingerprint density at radius 1 is 0.359 bits per heavy atom. The largest absolute Gasteiger partial charge is 0.490 e. The number of unbranched alkanes of at least 4 members (excludes halogenated alkanes) is 18. The van der Waals surface area contributed by atoms with Crippen LogP contribution in [0.2, 0.25) is 0 Å². The zero-order chi connectivity index (χ0) is 45.8. The molecule has 8 nitrogen and oxygen atoms in total. The summed E-state index contributed by atoms with van der Waals surface area (Å²) in [6.07, 6.45) is 26.4. The number of carbonyl (C=O) groups is 1. The van der Waals surface area contributed by atoms with Crippen molar-refractivity contribution in [2.75, 3.05) is 45.0 Å². The number of hydrogen-bond acceptors (Lipinski definition) is 7. The lowest BCUT2D eigenvalue weighted by Crippen LogP contribution is -2.11. The first kappa shape index (κ1) is 52.6. The van der Waals surface area contributed by atoms with Crippen molar-refractivity contribution in [3.8, 4) is 34.5 Å². The van der Waals surface area contributed by atoms with Crippen LogP contribution in [0.25, 0.3) is 32.3 Å². The summed E-state index contributed by atoms with van der Waals surface area (Å²) >= 11 is 0. The van der Waals surface area contributed by atoms with Crippen LogP contribution in [0.1, 0.15) is 203 Å². The molecule has 0 radical (unpaired) electrons. The SMILES string of the molecule is CCCCCCOc1cc2c3cc(OCCCCCC)c(OCCCCCC)cc3c3c(NC(C)=O)c(OCCCCCC)c(OCCCCCC)cc3c2cc1OCCCCCC. The van der Waals surface area contributed by atoms with Crippen LogP contribution in [-0.4, -0.2) is 45.5 Å². The molecule has 0 bridgehead atoms. The van der Waals surface area contributed by atoms with Gasteiger partial charge in [0.2, 0.25) is 5.91 Å². The number of ether oxygens (including phenoxy) is 6. The van der Waals surface area contributed by atoms with Crippen LogP contribution in [0, 0.1) is 0 Å². The van der Waals surface area contributed by atoms with Crippen LogP contribution < -0.4 is 33.7 Å². The van der Waals surface area contributed by atoms with E-state index in [1.807, 2.05) is 0 Å². The molecule has 4 aromatic rings. The van der Waals surface area contributed by atoms with Crippen molar-refractivity contribution in [3.05, 3.63) is 30.3 Å². The zero-order valence-corrected chi connectivity index (χ0v) is 41.5. The molecule has 1 amide bonds. The second-order valence-electron chi connectivity index (χ2n) is 17.8. The summed E-state index contributed by atoms with van der Waals surface area (Å²) in [7, 11) is 0. The smallest absolute Gasteiger partial charge is 0.221 e. The molecule has 0 aliphatic rings. The maximum atomic E-state index is 13.4. The number of rotatable bonds is 37. The fraction of sp³-hybridized carbons (Fsp3) is 0.661. The van der Waals surface area contributed by atoms with Gasteiger partial charge in [0, 0.05) is 12.3 Å². The van der Waals surface area contributed by atoms with Crippen LogP contribution in [0.15, 0.2) is 30.3 Å². The Balaban J connectivity index is 2.09. The van der Waals surface area contributed by atoms with Gasteiger partial charge in [0.1, 0.15) is 0 Å². The van der Waals surface area contributed by atoms with E-state index in [0.29, 0.717) is 62.6 Å². The van der Waals surface area contributed by atoms with Gasteiger partial charge in [-0.3, -0.25) is 4.79 Å². The number of amides is 1. The van der Waals surface area contributed by atoms with Crippen LogP contribution in [-0.2, 0) is 4.79 Å². The predicted octanol–water partition coefficient (Wildman–Crippen LogP) is 16.9. The van der Waals surface area contributed by atoms with E-state index in [1.54, 1.807) is 6.92 Å². The van der Waals surface area contributed by atoms with Crippen LogP contribution in [0.5, 0.6) is 34.5 Å². The lowest BCUT2D eigenvalue weighted by atomic mass is 9.91. The van der Waals surface area contributed by atoms with Crippen molar-refractivity contribution in [2.24, 2.45) is 0 Å². The fourth-order valence-electron chi connectivity index (χ4n) is 8.38. The first-order valence-corrected chi connectivity index (χ1v) is 26.0. The molecule has 4 rings (SSSR count). The van der Waals surface area contributed by atoms with Crippen LogP contribution in [0.3, 0.4) is 0 Å². The third-order valence-electron chi connectivity index (χ3n) is 12.1. The van der Waals surface area contributed by atoms with Crippen LogP contribution in [0.4, 0.5) is 5.69 Å². The van der Waals surface area contributed by atoms with Gasteiger partial charge in [0.05, 0.1) is 45.3 Å². The second-order valence-corrected chi connectivity index (χ2v) is 17.8. The number of anilines is 1. The normalized spacial score (nSPS) is 11.4. The van der Waals surface area contributed by atoms with Crippen molar-refractivity contribution >= 4 is 43.9 Å². The molecule has 358 valence electrons. The molecular formula is C56H87NO7. The number of fused-ring (bicyclic) bond motifs is 6. The topological polar surface area (TPSA) is 84.5 Å². The Hall–Kier alpha value is -4.07. The average molecular weight is 886 g/mol. The molecule has 0 saturated heterocycles. The molecule has 0 heterocycles. The van der Waals surface area contributed by atoms with E-state index < -0.39 is 0 Å². The van der Waals surface area contributed by atoms with Crippen molar-refractivity contribution in [1.82, 2.24) is 0 Å². The molecule has 1 N–H and O–H groups in total. The minimum absolute atomic E-state index is 0.173. The number of benzene rings is 4. The Kier molecular flexibility index (Phi) is 25.4.